The lowest BCUT2D eigenvalue weighted by Gasteiger charge is -2.18. The summed E-state index contributed by atoms with van der Waals surface area (Å²) in [5, 5.41) is 3.11. The van der Waals surface area contributed by atoms with Crippen LogP contribution >= 0.6 is 0 Å². The van der Waals surface area contributed by atoms with E-state index in [1.807, 2.05) is 30.3 Å². The first-order valence-corrected chi connectivity index (χ1v) is 8.33. The van der Waals surface area contributed by atoms with Gasteiger partial charge in [-0.3, -0.25) is 4.79 Å². The third-order valence-corrected chi connectivity index (χ3v) is 3.88. The number of nitrogens with one attached hydrogen (secondary N) is 1. The summed E-state index contributed by atoms with van der Waals surface area (Å²) in [6.07, 6.45) is 7.99. The zero-order chi connectivity index (χ0) is 15.5. The van der Waals surface area contributed by atoms with Crippen molar-refractivity contribution in [2.45, 2.75) is 58.8 Å². The van der Waals surface area contributed by atoms with Crippen molar-refractivity contribution in [2.75, 3.05) is 6.54 Å². The van der Waals surface area contributed by atoms with Crippen molar-refractivity contribution in [3.05, 3.63) is 42.3 Å². The predicted molar refractivity (Wildman–Crippen MR) is 90.1 cm³/mol. The third kappa shape index (κ3) is 6.79. The molecule has 0 saturated carbocycles. The van der Waals surface area contributed by atoms with E-state index >= 15 is 0 Å². The van der Waals surface area contributed by atoms with Crippen molar-refractivity contribution in [3.63, 3.8) is 0 Å². The second-order valence-corrected chi connectivity index (χ2v) is 5.89. The maximum absolute atomic E-state index is 12.3. The summed E-state index contributed by atoms with van der Waals surface area (Å²) < 4.78 is 0. The first-order chi connectivity index (χ1) is 10.2. The van der Waals surface area contributed by atoms with Gasteiger partial charge in [-0.1, -0.05) is 70.4 Å². The third-order valence-electron chi connectivity index (χ3n) is 3.88. The van der Waals surface area contributed by atoms with Gasteiger partial charge in [-0.15, -0.1) is 0 Å². The SMILES string of the molecule is CCCC[CH]CC(C)CNC(=O)C(CC)c1ccccc1. The fourth-order valence-corrected chi connectivity index (χ4v) is 2.49. The fraction of sp³-hybridized carbons (Fsp3) is 0.579. The van der Waals surface area contributed by atoms with Crippen LogP contribution in [0.3, 0.4) is 0 Å². The summed E-state index contributed by atoms with van der Waals surface area (Å²) in [4.78, 5) is 12.3. The van der Waals surface area contributed by atoms with Crippen LogP contribution in [0.15, 0.2) is 30.3 Å². The van der Waals surface area contributed by atoms with Crippen molar-refractivity contribution in [1.29, 1.82) is 0 Å². The van der Waals surface area contributed by atoms with Gasteiger partial charge in [0.1, 0.15) is 0 Å². The standard InChI is InChI=1S/C19H30NO/c1-4-6-7-9-12-16(3)15-20-19(21)18(5-2)17-13-10-8-11-14-17/h8-11,13-14,16,18H,4-7,12,15H2,1-3H3,(H,20,21). The van der Waals surface area contributed by atoms with Crippen LogP contribution in [0.5, 0.6) is 0 Å². The van der Waals surface area contributed by atoms with Gasteiger partial charge in [-0.05, 0) is 30.7 Å². The average Bonchev–Trinajstić information content (AvgIpc) is 2.51. The Morgan fingerprint density at radius 1 is 1.24 bits per heavy atom. The molecule has 2 unspecified atom stereocenters. The van der Waals surface area contributed by atoms with E-state index in [2.05, 4.69) is 32.5 Å². The summed E-state index contributed by atoms with van der Waals surface area (Å²) in [7, 11) is 0. The number of unbranched alkanes of at least 4 members (excludes halogenated alkanes) is 3. The van der Waals surface area contributed by atoms with E-state index in [-0.39, 0.29) is 11.8 Å². The molecular formula is C19H30NO. The predicted octanol–water partition coefficient (Wildman–Crippen LogP) is 4.72. The number of hydrogen-bond acceptors (Lipinski definition) is 1. The van der Waals surface area contributed by atoms with Crippen LogP contribution in [0, 0.1) is 12.3 Å². The Hall–Kier alpha value is -1.31. The number of hydrogen-bond donors (Lipinski definition) is 1. The number of amides is 1. The van der Waals surface area contributed by atoms with Crippen molar-refractivity contribution in [1.82, 2.24) is 5.32 Å². The molecule has 0 heterocycles. The highest BCUT2D eigenvalue weighted by atomic mass is 16.1. The van der Waals surface area contributed by atoms with Crippen LogP contribution in [-0.2, 0) is 4.79 Å². The highest BCUT2D eigenvalue weighted by Gasteiger charge is 2.18. The molecule has 1 amide bonds. The molecule has 1 aromatic rings. The van der Waals surface area contributed by atoms with Crippen LogP contribution in [0.25, 0.3) is 0 Å². The molecule has 1 radical (unpaired) electrons. The molecule has 1 rings (SSSR count). The van der Waals surface area contributed by atoms with Gasteiger partial charge in [0.15, 0.2) is 0 Å². The molecule has 2 nitrogen and oxygen atoms in total. The van der Waals surface area contributed by atoms with Gasteiger partial charge >= 0.3 is 0 Å². The molecular weight excluding hydrogens is 258 g/mol. The van der Waals surface area contributed by atoms with Gasteiger partial charge in [-0.2, -0.15) is 0 Å². The molecule has 0 saturated heterocycles. The Balaban J connectivity index is 2.34. The zero-order valence-electron chi connectivity index (χ0n) is 13.8. The van der Waals surface area contributed by atoms with E-state index in [9.17, 15) is 4.79 Å². The summed E-state index contributed by atoms with van der Waals surface area (Å²) in [5.41, 5.74) is 1.11. The molecule has 21 heavy (non-hydrogen) atoms. The molecule has 0 aromatic heterocycles. The lowest BCUT2D eigenvalue weighted by Crippen LogP contribution is -2.32. The molecule has 0 fully saturated rings. The van der Waals surface area contributed by atoms with E-state index < -0.39 is 0 Å². The largest absolute Gasteiger partial charge is 0.355 e. The number of carbonyl (C=O) groups excluding carboxylic acids is 1. The van der Waals surface area contributed by atoms with E-state index in [1.165, 1.54) is 19.3 Å². The van der Waals surface area contributed by atoms with Gasteiger partial charge in [0.2, 0.25) is 5.91 Å². The van der Waals surface area contributed by atoms with Gasteiger partial charge in [0.05, 0.1) is 5.92 Å². The smallest absolute Gasteiger partial charge is 0.227 e. The lowest BCUT2D eigenvalue weighted by molar-refractivity contribution is -0.122. The first kappa shape index (κ1) is 17.7. The maximum atomic E-state index is 12.3. The first-order valence-electron chi connectivity index (χ1n) is 8.33. The zero-order valence-corrected chi connectivity index (χ0v) is 13.8. The van der Waals surface area contributed by atoms with Gasteiger partial charge in [0.25, 0.3) is 0 Å². The molecule has 2 atom stereocenters. The molecule has 2 heteroatoms. The van der Waals surface area contributed by atoms with Gasteiger partial charge in [0, 0.05) is 6.54 Å². The topological polar surface area (TPSA) is 29.1 Å². The van der Waals surface area contributed by atoms with Crippen LogP contribution in [0.4, 0.5) is 0 Å². The molecule has 1 aromatic carbocycles. The second kappa shape index (κ2) is 10.4. The molecule has 0 aliphatic heterocycles. The molecule has 0 spiro atoms. The van der Waals surface area contributed by atoms with Crippen LogP contribution in [0.1, 0.15) is 64.4 Å². The van der Waals surface area contributed by atoms with Gasteiger partial charge < -0.3 is 5.32 Å². The Morgan fingerprint density at radius 3 is 2.57 bits per heavy atom. The Bertz CT molecular complexity index is 388. The normalized spacial score (nSPS) is 13.7. The Morgan fingerprint density at radius 2 is 1.95 bits per heavy atom. The minimum atomic E-state index is -0.0255. The fourth-order valence-electron chi connectivity index (χ4n) is 2.49. The summed E-state index contributed by atoms with van der Waals surface area (Å²) in [6.45, 7) is 7.25. The lowest BCUT2D eigenvalue weighted by atomic mass is 9.95. The highest BCUT2D eigenvalue weighted by molar-refractivity contribution is 5.83. The van der Waals surface area contributed by atoms with Crippen molar-refractivity contribution in [2.24, 2.45) is 5.92 Å². The second-order valence-electron chi connectivity index (χ2n) is 5.89. The van der Waals surface area contributed by atoms with E-state index in [0.717, 1.165) is 24.9 Å². The van der Waals surface area contributed by atoms with Gasteiger partial charge in [-0.25, -0.2) is 0 Å². The molecule has 0 bridgehead atoms. The summed E-state index contributed by atoms with van der Waals surface area (Å²) in [6, 6.07) is 10.1. The monoisotopic (exact) mass is 288 g/mol. The highest BCUT2D eigenvalue weighted by Crippen LogP contribution is 2.19. The number of carbonyl (C=O) groups is 1. The van der Waals surface area contributed by atoms with E-state index in [1.54, 1.807) is 0 Å². The molecule has 1 N–H and O–H groups in total. The van der Waals surface area contributed by atoms with Crippen molar-refractivity contribution in [3.8, 4) is 0 Å². The Labute approximate surface area is 130 Å². The van der Waals surface area contributed by atoms with Crippen molar-refractivity contribution >= 4 is 5.91 Å². The quantitative estimate of drug-likeness (QED) is 0.620. The maximum Gasteiger partial charge on any atom is 0.227 e. The summed E-state index contributed by atoms with van der Waals surface area (Å²) in [5.74, 6) is 0.644. The van der Waals surface area contributed by atoms with Crippen LogP contribution in [-0.4, -0.2) is 12.5 Å². The minimum absolute atomic E-state index is 0.0255. The van der Waals surface area contributed by atoms with Crippen LogP contribution < -0.4 is 5.32 Å². The molecule has 117 valence electrons. The minimum Gasteiger partial charge on any atom is -0.355 e. The van der Waals surface area contributed by atoms with Crippen LogP contribution in [0.2, 0.25) is 0 Å². The summed E-state index contributed by atoms with van der Waals surface area (Å²) >= 11 is 0. The van der Waals surface area contributed by atoms with Crippen molar-refractivity contribution < 1.29 is 4.79 Å². The number of rotatable bonds is 10. The van der Waals surface area contributed by atoms with E-state index in [0.29, 0.717) is 5.92 Å². The average molecular weight is 288 g/mol. The Kier molecular flexibility index (Phi) is 8.80. The number of benzene rings is 1. The molecule has 0 aliphatic carbocycles. The molecule has 0 aliphatic rings. The van der Waals surface area contributed by atoms with E-state index in [4.69, 9.17) is 0 Å².